The molecular weight excluding hydrogens is 444 g/mol. The van der Waals surface area contributed by atoms with E-state index in [-0.39, 0.29) is 18.9 Å². The van der Waals surface area contributed by atoms with Crippen LogP contribution in [-0.2, 0) is 17.8 Å². The second kappa shape index (κ2) is 8.72. The molecule has 0 bridgehead atoms. The van der Waals surface area contributed by atoms with Gasteiger partial charge in [-0.1, -0.05) is 0 Å². The maximum absolute atomic E-state index is 13.7. The van der Waals surface area contributed by atoms with E-state index in [0.717, 1.165) is 27.4 Å². The molecule has 5 aromatic rings. The van der Waals surface area contributed by atoms with E-state index >= 15 is 0 Å². The number of carbonyl (C=O) groups excluding carboxylic acids is 1. The quantitative estimate of drug-likeness (QED) is 0.373. The summed E-state index contributed by atoms with van der Waals surface area (Å²) in [7, 11) is 0. The molecule has 0 saturated heterocycles. The molecule has 0 radical (unpaired) electrons. The first-order valence-electron chi connectivity index (χ1n) is 11.2. The van der Waals surface area contributed by atoms with Crippen LogP contribution in [0.2, 0.25) is 0 Å². The molecule has 0 aliphatic heterocycles. The number of nitrogens with zero attached hydrogens (tertiary/aromatic N) is 3. The summed E-state index contributed by atoms with van der Waals surface area (Å²) >= 11 is 0. The predicted octanol–water partition coefficient (Wildman–Crippen LogP) is 4.73. The Balaban J connectivity index is 1.52. The molecule has 8 heteroatoms. The molecule has 3 heterocycles. The lowest BCUT2D eigenvalue weighted by atomic mass is 10.0. The van der Waals surface area contributed by atoms with Gasteiger partial charge in [-0.25, -0.2) is 0 Å². The van der Waals surface area contributed by atoms with Crippen molar-refractivity contribution in [2.24, 2.45) is 0 Å². The SMILES string of the molecule is Cc1cc2c(CC(=O)O)c(C)n(C(=O)c3ccc4[nH]c(OCc5cnccn5)cc4c3)c2cc1C. The molecule has 0 amide bonds. The van der Waals surface area contributed by atoms with Crippen LogP contribution < -0.4 is 4.74 Å². The van der Waals surface area contributed by atoms with Crippen molar-refractivity contribution in [1.29, 1.82) is 0 Å². The van der Waals surface area contributed by atoms with E-state index in [1.54, 1.807) is 36.1 Å². The minimum atomic E-state index is -0.930. The standard InChI is InChI=1S/C27H24N4O4/c1-15-8-22-21(12-26(32)33)17(3)31(24(22)9-16(15)2)27(34)18-4-5-23-19(10-18)11-25(30-23)35-14-20-13-28-6-7-29-20/h4-11,13,30H,12,14H2,1-3H3,(H,32,33). The minimum absolute atomic E-state index is 0.144. The highest BCUT2D eigenvalue weighted by Gasteiger charge is 2.22. The van der Waals surface area contributed by atoms with E-state index in [2.05, 4.69) is 15.0 Å². The van der Waals surface area contributed by atoms with Crippen LogP contribution in [0, 0.1) is 20.8 Å². The Labute approximate surface area is 201 Å². The normalized spacial score (nSPS) is 11.3. The van der Waals surface area contributed by atoms with E-state index in [4.69, 9.17) is 4.74 Å². The van der Waals surface area contributed by atoms with Crippen molar-refractivity contribution in [3.8, 4) is 5.88 Å². The van der Waals surface area contributed by atoms with Crippen LogP contribution in [0.1, 0.15) is 38.4 Å². The molecule has 8 nitrogen and oxygen atoms in total. The van der Waals surface area contributed by atoms with E-state index in [1.807, 2.05) is 44.2 Å². The largest absolute Gasteiger partial charge is 0.481 e. The molecule has 2 N–H and O–H groups in total. The number of benzene rings is 2. The molecule has 0 aliphatic rings. The van der Waals surface area contributed by atoms with Crippen LogP contribution in [0.5, 0.6) is 5.88 Å². The zero-order chi connectivity index (χ0) is 24.7. The van der Waals surface area contributed by atoms with Crippen LogP contribution in [0.3, 0.4) is 0 Å². The van der Waals surface area contributed by atoms with Crippen molar-refractivity contribution in [1.82, 2.24) is 19.5 Å². The van der Waals surface area contributed by atoms with Crippen LogP contribution >= 0.6 is 0 Å². The highest BCUT2D eigenvalue weighted by molar-refractivity contribution is 6.06. The number of carboxylic acid groups (broad SMARTS) is 1. The van der Waals surface area contributed by atoms with Gasteiger partial charge in [0.1, 0.15) is 6.61 Å². The van der Waals surface area contributed by atoms with E-state index in [9.17, 15) is 14.7 Å². The molecule has 0 aliphatic carbocycles. The molecule has 0 atom stereocenters. The summed E-state index contributed by atoms with van der Waals surface area (Å²) in [6.45, 7) is 6.04. The van der Waals surface area contributed by atoms with Gasteiger partial charge in [0.15, 0.2) is 5.88 Å². The van der Waals surface area contributed by atoms with Crippen molar-refractivity contribution < 1.29 is 19.4 Å². The van der Waals surface area contributed by atoms with E-state index in [1.165, 1.54) is 0 Å². The first kappa shape index (κ1) is 22.3. The number of carbonyl (C=O) groups is 2. The number of aryl methyl sites for hydroxylation is 2. The maximum atomic E-state index is 13.7. The second-order valence-corrected chi connectivity index (χ2v) is 8.65. The molecule has 3 aromatic heterocycles. The van der Waals surface area contributed by atoms with Crippen molar-refractivity contribution in [2.75, 3.05) is 0 Å². The maximum Gasteiger partial charge on any atom is 0.307 e. The molecule has 35 heavy (non-hydrogen) atoms. The van der Waals surface area contributed by atoms with Crippen LogP contribution in [0.15, 0.2) is 55.0 Å². The Kier molecular flexibility index (Phi) is 5.56. The molecule has 176 valence electrons. The number of hydrogen-bond acceptors (Lipinski definition) is 5. The van der Waals surface area contributed by atoms with Gasteiger partial charge in [0, 0.05) is 46.0 Å². The zero-order valence-electron chi connectivity index (χ0n) is 19.6. The van der Waals surface area contributed by atoms with Gasteiger partial charge in [0.05, 0.1) is 23.8 Å². The Morgan fingerprint density at radius 2 is 1.86 bits per heavy atom. The number of aromatic nitrogens is 4. The highest BCUT2D eigenvalue weighted by atomic mass is 16.5. The summed E-state index contributed by atoms with van der Waals surface area (Å²) in [4.78, 5) is 36.7. The fourth-order valence-corrected chi connectivity index (χ4v) is 4.38. The summed E-state index contributed by atoms with van der Waals surface area (Å²) in [6.07, 6.45) is 4.71. The van der Waals surface area contributed by atoms with Gasteiger partial charge in [-0.2, -0.15) is 0 Å². The third kappa shape index (κ3) is 4.14. The number of aromatic amines is 1. The molecule has 5 rings (SSSR count). The zero-order valence-corrected chi connectivity index (χ0v) is 19.6. The highest BCUT2D eigenvalue weighted by Crippen LogP contribution is 2.31. The van der Waals surface area contributed by atoms with Crippen molar-refractivity contribution in [2.45, 2.75) is 33.8 Å². The molecule has 0 fully saturated rings. The number of carboxylic acids is 1. The van der Waals surface area contributed by atoms with Crippen molar-refractivity contribution in [3.63, 3.8) is 0 Å². The minimum Gasteiger partial charge on any atom is -0.481 e. The fourth-order valence-electron chi connectivity index (χ4n) is 4.38. The lowest BCUT2D eigenvalue weighted by molar-refractivity contribution is -0.136. The van der Waals surface area contributed by atoms with Crippen LogP contribution in [0.4, 0.5) is 0 Å². The van der Waals surface area contributed by atoms with Gasteiger partial charge in [0.2, 0.25) is 0 Å². The molecule has 0 spiro atoms. The Morgan fingerprint density at radius 1 is 1.06 bits per heavy atom. The van der Waals surface area contributed by atoms with Gasteiger partial charge in [-0.15, -0.1) is 0 Å². The number of aliphatic carboxylic acids is 1. The third-order valence-electron chi connectivity index (χ3n) is 6.32. The van der Waals surface area contributed by atoms with Crippen molar-refractivity contribution in [3.05, 3.63) is 88.6 Å². The summed E-state index contributed by atoms with van der Waals surface area (Å²) in [5.74, 6) is -0.578. The van der Waals surface area contributed by atoms with Crippen LogP contribution in [-0.4, -0.2) is 36.5 Å². The number of H-pyrrole nitrogens is 1. The number of ether oxygens (including phenoxy) is 1. The topological polar surface area (TPSA) is 110 Å². The molecule has 0 saturated carbocycles. The number of hydrogen-bond donors (Lipinski definition) is 2. The summed E-state index contributed by atoms with van der Waals surface area (Å²) in [6, 6.07) is 11.2. The average molecular weight is 469 g/mol. The van der Waals surface area contributed by atoms with Gasteiger partial charge in [-0.05, 0) is 67.8 Å². The van der Waals surface area contributed by atoms with Gasteiger partial charge < -0.3 is 14.8 Å². The lowest BCUT2D eigenvalue weighted by Crippen LogP contribution is -2.14. The Hall–Kier alpha value is -4.46. The van der Waals surface area contributed by atoms with Gasteiger partial charge in [-0.3, -0.25) is 24.1 Å². The first-order chi connectivity index (χ1) is 16.8. The number of rotatable bonds is 6. The van der Waals surface area contributed by atoms with Crippen LogP contribution in [0.25, 0.3) is 21.8 Å². The summed E-state index contributed by atoms with van der Waals surface area (Å²) in [5, 5.41) is 11.1. The van der Waals surface area contributed by atoms with Gasteiger partial charge in [0.25, 0.3) is 5.91 Å². The smallest absolute Gasteiger partial charge is 0.307 e. The third-order valence-corrected chi connectivity index (χ3v) is 6.32. The summed E-state index contributed by atoms with van der Waals surface area (Å²) in [5.41, 5.74) is 6.15. The average Bonchev–Trinajstić information content (AvgIpc) is 3.36. The molecular formula is C27H24N4O4. The number of fused-ring (bicyclic) bond motifs is 2. The fraction of sp³-hybridized carbons (Fsp3) is 0.185. The Morgan fingerprint density at radius 3 is 2.60 bits per heavy atom. The van der Waals surface area contributed by atoms with Gasteiger partial charge >= 0.3 is 5.97 Å². The van der Waals surface area contributed by atoms with E-state index in [0.29, 0.717) is 33.9 Å². The summed E-state index contributed by atoms with van der Waals surface area (Å²) < 4.78 is 7.42. The van der Waals surface area contributed by atoms with E-state index < -0.39 is 5.97 Å². The second-order valence-electron chi connectivity index (χ2n) is 8.65. The Bertz CT molecular complexity index is 1600. The monoisotopic (exact) mass is 468 g/mol. The first-order valence-corrected chi connectivity index (χ1v) is 11.2. The predicted molar refractivity (Wildman–Crippen MR) is 132 cm³/mol. The number of nitrogens with one attached hydrogen (secondary N) is 1. The molecule has 2 aromatic carbocycles. The molecule has 0 unspecified atom stereocenters. The lowest BCUT2D eigenvalue weighted by Gasteiger charge is -2.09. The van der Waals surface area contributed by atoms with Crippen molar-refractivity contribution >= 4 is 33.7 Å².